The number of likely N-dealkylation sites (tertiary alicyclic amines) is 1. The van der Waals surface area contributed by atoms with Crippen molar-refractivity contribution in [2.45, 2.75) is 51.7 Å². The monoisotopic (exact) mass is 443 g/mol. The Balaban J connectivity index is 1.66. The molecule has 0 spiro atoms. The maximum Gasteiger partial charge on any atom is 0.257 e. The molecule has 4 rings (SSSR count). The van der Waals surface area contributed by atoms with E-state index in [2.05, 4.69) is 29.0 Å². The predicted molar refractivity (Wildman–Crippen MR) is 118 cm³/mol. The quantitative estimate of drug-likeness (QED) is 0.741. The van der Waals surface area contributed by atoms with Crippen LogP contribution in [0.1, 0.15) is 44.0 Å². The number of nitrogens with one attached hydrogen (secondary N) is 1. The van der Waals surface area contributed by atoms with E-state index in [4.69, 9.17) is 4.74 Å². The van der Waals surface area contributed by atoms with E-state index < -0.39 is 0 Å². The second-order valence-corrected chi connectivity index (χ2v) is 9.42. The third kappa shape index (κ3) is 4.72. The van der Waals surface area contributed by atoms with Gasteiger partial charge in [0.15, 0.2) is 0 Å². The molecule has 3 atom stereocenters. The van der Waals surface area contributed by atoms with Gasteiger partial charge in [0.1, 0.15) is 12.2 Å². The number of hydrogen-bond acceptors (Lipinski definition) is 6. The highest BCUT2D eigenvalue weighted by Crippen LogP contribution is 2.26. The molecule has 2 saturated heterocycles. The van der Waals surface area contributed by atoms with Gasteiger partial charge < -0.3 is 19.9 Å². The topological polar surface area (TPSA) is 95.1 Å². The first-order chi connectivity index (χ1) is 15.3. The Morgan fingerprint density at radius 1 is 1.28 bits per heavy atom. The zero-order chi connectivity index (χ0) is 22.8. The smallest absolute Gasteiger partial charge is 0.257 e. The molecule has 3 amide bonds. The van der Waals surface area contributed by atoms with Crippen LogP contribution in [0.3, 0.4) is 0 Å². The molecule has 2 fully saturated rings. The number of rotatable bonds is 3. The summed E-state index contributed by atoms with van der Waals surface area (Å²) < 4.78 is 5.96. The van der Waals surface area contributed by atoms with E-state index in [1.807, 2.05) is 4.90 Å². The minimum Gasteiger partial charge on any atom is -0.475 e. The van der Waals surface area contributed by atoms with Crippen molar-refractivity contribution < 1.29 is 19.1 Å². The van der Waals surface area contributed by atoms with E-state index in [0.717, 1.165) is 13.0 Å². The number of amides is 3. The molecule has 2 bridgehead atoms. The Kier molecular flexibility index (Phi) is 6.64. The van der Waals surface area contributed by atoms with E-state index in [1.165, 1.54) is 0 Å². The van der Waals surface area contributed by atoms with Gasteiger partial charge in [-0.25, -0.2) is 4.98 Å². The van der Waals surface area contributed by atoms with Gasteiger partial charge in [0.2, 0.25) is 17.7 Å². The second kappa shape index (κ2) is 9.44. The summed E-state index contributed by atoms with van der Waals surface area (Å²) in [5.41, 5.74) is 0.391. The van der Waals surface area contributed by atoms with Crippen molar-refractivity contribution in [3.8, 4) is 5.88 Å². The number of fused-ring (bicyclic) bond motifs is 4. The van der Waals surface area contributed by atoms with Crippen LogP contribution in [-0.4, -0.2) is 94.9 Å². The number of nitrogens with zero attached hydrogens (tertiary/aromatic N) is 4. The van der Waals surface area contributed by atoms with E-state index in [0.29, 0.717) is 44.1 Å². The van der Waals surface area contributed by atoms with Crippen LogP contribution in [0.25, 0.3) is 0 Å². The van der Waals surface area contributed by atoms with Crippen molar-refractivity contribution in [3.63, 3.8) is 0 Å². The molecule has 174 valence electrons. The Morgan fingerprint density at radius 2 is 2.09 bits per heavy atom. The molecule has 4 heterocycles. The fraction of sp³-hybridized carbons (Fsp3) is 0.652. The summed E-state index contributed by atoms with van der Waals surface area (Å²) >= 11 is 0. The summed E-state index contributed by atoms with van der Waals surface area (Å²) in [6.45, 7) is 8.94. The third-order valence-electron chi connectivity index (χ3n) is 6.66. The molecular formula is C23H33N5O4. The number of ether oxygens (including phenoxy) is 1. The summed E-state index contributed by atoms with van der Waals surface area (Å²) in [7, 11) is 0. The van der Waals surface area contributed by atoms with Gasteiger partial charge in [0.05, 0.1) is 12.1 Å². The Morgan fingerprint density at radius 3 is 2.84 bits per heavy atom. The number of aromatic nitrogens is 1. The number of hydrogen-bond donors (Lipinski definition) is 1. The largest absolute Gasteiger partial charge is 0.475 e. The first kappa shape index (κ1) is 22.5. The van der Waals surface area contributed by atoms with Crippen molar-refractivity contribution in [1.29, 1.82) is 0 Å². The summed E-state index contributed by atoms with van der Waals surface area (Å²) in [4.78, 5) is 48.8. The normalized spacial score (nSPS) is 26.6. The fourth-order valence-electron chi connectivity index (χ4n) is 4.82. The minimum absolute atomic E-state index is 0.0133. The average Bonchev–Trinajstić information content (AvgIpc) is 3.17. The molecular weight excluding hydrogens is 410 g/mol. The van der Waals surface area contributed by atoms with Gasteiger partial charge in [0, 0.05) is 45.3 Å². The average molecular weight is 444 g/mol. The van der Waals surface area contributed by atoms with Gasteiger partial charge in [-0.2, -0.15) is 0 Å². The highest BCUT2D eigenvalue weighted by atomic mass is 16.5. The van der Waals surface area contributed by atoms with E-state index in [1.54, 1.807) is 30.2 Å². The lowest BCUT2D eigenvalue weighted by molar-refractivity contribution is -0.146. The van der Waals surface area contributed by atoms with Crippen molar-refractivity contribution in [2.75, 3.05) is 39.3 Å². The molecule has 3 aliphatic rings. The molecule has 9 heteroatoms. The highest BCUT2D eigenvalue weighted by molar-refractivity contribution is 5.96. The van der Waals surface area contributed by atoms with Crippen molar-refractivity contribution in [1.82, 2.24) is 25.0 Å². The minimum atomic E-state index is -0.288. The van der Waals surface area contributed by atoms with Crippen LogP contribution in [0.4, 0.5) is 0 Å². The number of carbonyl (C=O) groups excluding carboxylic acids is 3. The summed E-state index contributed by atoms with van der Waals surface area (Å²) in [5, 5.41) is 3.09. The number of piperazine rings is 1. The molecule has 0 aromatic carbocycles. The molecule has 3 aliphatic heterocycles. The van der Waals surface area contributed by atoms with Crippen molar-refractivity contribution >= 4 is 17.7 Å². The predicted octanol–water partition coefficient (Wildman–Crippen LogP) is 0.752. The van der Waals surface area contributed by atoms with Gasteiger partial charge in [-0.05, 0) is 37.4 Å². The van der Waals surface area contributed by atoms with Crippen LogP contribution in [0.2, 0.25) is 0 Å². The van der Waals surface area contributed by atoms with Gasteiger partial charge in [-0.15, -0.1) is 0 Å². The molecule has 0 radical (unpaired) electrons. The second-order valence-electron chi connectivity index (χ2n) is 9.42. The summed E-state index contributed by atoms with van der Waals surface area (Å²) in [5.74, 6) is 0.593. The molecule has 0 unspecified atom stereocenters. The summed E-state index contributed by atoms with van der Waals surface area (Å²) in [6, 6.07) is 2.74. The van der Waals surface area contributed by atoms with Crippen molar-refractivity contribution in [2.24, 2.45) is 5.92 Å². The van der Waals surface area contributed by atoms with Gasteiger partial charge in [-0.1, -0.05) is 13.8 Å². The fourth-order valence-corrected chi connectivity index (χ4v) is 4.82. The lowest BCUT2D eigenvalue weighted by Gasteiger charge is -2.42. The van der Waals surface area contributed by atoms with Crippen molar-refractivity contribution in [3.05, 3.63) is 23.9 Å². The van der Waals surface area contributed by atoms with Crippen LogP contribution in [-0.2, 0) is 9.59 Å². The number of pyridine rings is 1. The Hall–Kier alpha value is -2.68. The van der Waals surface area contributed by atoms with Gasteiger partial charge >= 0.3 is 0 Å². The molecule has 1 aromatic heterocycles. The Labute approximate surface area is 189 Å². The third-order valence-corrected chi connectivity index (χ3v) is 6.66. The van der Waals surface area contributed by atoms with Crippen LogP contribution >= 0.6 is 0 Å². The maximum absolute atomic E-state index is 13.7. The first-order valence-corrected chi connectivity index (χ1v) is 11.5. The maximum atomic E-state index is 13.7. The molecule has 32 heavy (non-hydrogen) atoms. The molecule has 1 aromatic rings. The lowest BCUT2D eigenvalue weighted by Crippen LogP contribution is -2.61. The SMILES string of the molecule is CC(=O)N1CCN2C(=O)[C@@H]3C[C@@H](CN3CCC(C)C)NC(=O)c3cccnc3OC[C@@H]2C1. The van der Waals surface area contributed by atoms with Crippen LogP contribution in [0, 0.1) is 5.92 Å². The molecule has 0 aliphatic carbocycles. The summed E-state index contributed by atoms with van der Waals surface area (Å²) in [6.07, 6.45) is 3.16. The van der Waals surface area contributed by atoms with E-state index in [9.17, 15) is 14.4 Å². The molecule has 0 saturated carbocycles. The number of carbonyl (C=O) groups is 3. The van der Waals surface area contributed by atoms with Gasteiger partial charge in [0.25, 0.3) is 5.91 Å². The van der Waals surface area contributed by atoms with Crippen LogP contribution in [0.15, 0.2) is 18.3 Å². The molecule has 1 N–H and O–H groups in total. The zero-order valence-electron chi connectivity index (χ0n) is 19.1. The zero-order valence-corrected chi connectivity index (χ0v) is 19.1. The highest BCUT2D eigenvalue weighted by Gasteiger charge is 2.43. The van der Waals surface area contributed by atoms with E-state index in [-0.39, 0.29) is 48.3 Å². The first-order valence-electron chi connectivity index (χ1n) is 11.5. The van der Waals surface area contributed by atoms with Crippen LogP contribution < -0.4 is 10.1 Å². The van der Waals surface area contributed by atoms with Crippen LogP contribution in [0.5, 0.6) is 5.88 Å². The Bertz CT molecular complexity index is 876. The van der Waals surface area contributed by atoms with Gasteiger partial charge in [-0.3, -0.25) is 19.3 Å². The molecule has 9 nitrogen and oxygen atoms in total. The lowest BCUT2D eigenvalue weighted by atomic mass is 10.1. The van der Waals surface area contributed by atoms with E-state index >= 15 is 0 Å². The standard InChI is InChI=1S/C23H33N5O4/c1-15(2)6-8-27-12-17-11-20(27)23(31)28-10-9-26(16(3)29)13-18(28)14-32-22-19(21(30)25-17)5-4-7-24-22/h4-5,7,15,17-18,20H,6,8-14H2,1-3H3,(H,25,30)/t17-,18-,20-/m0/s1.